The Kier molecular flexibility index (Phi) is 7.91. The Labute approximate surface area is 180 Å². The van der Waals surface area contributed by atoms with E-state index < -0.39 is 0 Å². The second-order valence-electron chi connectivity index (χ2n) is 7.08. The fourth-order valence-corrected chi connectivity index (χ4v) is 3.77. The van der Waals surface area contributed by atoms with Crippen LogP contribution < -0.4 is 20.1 Å². The molecule has 1 fully saturated rings. The molecule has 0 bridgehead atoms. The number of ether oxygens (including phenoxy) is 3. The van der Waals surface area contributed by atoms with E-state index in [2.05, 4.69) is 26.6 Å². The summed E-state index contributed by atoms with van der Waals surface area (Å²) in [7, 11) is 1.59. The summed E-state index contributed by atoms with van der Waals surface area (Å²) in [5.41, 5.74) is 2.93. The third kappa shape index (κ3) is 6.45. The molecular weight excluding hydrogens is 436 g/mol. The summed E-state index contributed by atoms with van der Waals surface area (Å²) >= 11 is 3.53. The lowest BCUT2D eigenvalue weighted by molar-refractivity contribution is -0.118. The lowest BCUT2D eigenvalue weighted by Crippen LogP contribution is -2.25. The summed E-state index contributed by atoms with van der Waals surface area (Å²) in [5.74, 6) is 0.857. The van der Waals surface area contributed by atoms with E-state index in [0.717, 1.165) is 47.3 Å². The van der Waals surface area contributed by atoms with Gasteiger partial charge in [0.1, 0.15) is 0 Å². The van der Waals surface area contributed by atoms with E-state index in [1.807, 2.05) is 43.3 Å². The maximum absolute atomic E-state index is 12.2. The molecule has 0 spiro atoms. The highest BCUT2D eigenvalue weighted by molar-refractivity contribution is 9.10. The van der Waals surface area contributed by atoms with Gasteiger partial charge in [0.25, 0.3) is 5.91 Å². The van der Waals surface area contributed by atoms with Gasteiger partial charge in [-0.15, -0.1) is 0 Å². The molecule has 1 amide bonds. The molecule has 1 aliphatic rings. The van der Waals surface area contributed by atoms with Gasteiger partial charge in [-0.25, -0.2) is 0 Å². The van der Waals surface area contributed by atoms with Gasteiger partial charge in [-0.05, 0) is 65.5 Å². The van der Waals surface area contributed by atoms with Gasteiger partial charge in [-0.1, -0.05) is 17.7 Å². The maximum Gasteiger partial charge on any atom is 0.262 e. The lowest BCUT2D eigenvalue weighted by atomic mass is 10.2. The van der Waals surface area contributed by atoms with Crippen LogP contribution in [0.15, 0.2) is 40.9 Å². The van der Waals surface area contributed by atoms with Gasteiger partial charge >= 0.3 is 0 Å². The first-order chi connectivity index (χ1) is 14.0. The zero-order valence-electron chi connectivity index (χ0n) is 16.8. The Morgan fingerprint density at radius 1 is 1.28 bits per heavy atom. The van der Waals surface area contributed by atoms with Crippen LogP contribution in [0.5, 0.6) is 11.5 Å². The minimum absolute atomic E-state index is 0.112. The molecule has 6 nitrogen and oxygen atoms in total. The van der Waals surface area contributed by atoms with E-state index in [0.29, 0.717) is 24.1 Å². The van der Waals surface area contributed by atoms with Crippen molar-refractivity contribution >= 4 is 27.5 Å². The average Bonchev–Trinajstić information content (AvgIpc) is 3.22. The lowest BCUT2D eigenvalue weighted by Gasteiger charge is -2.15. The number of hydrogen-bond donors (Lipinski definition) is 2. The molecule has 2 N–H and O–H groups in total. The van der Waals surface area contributed by atoms with Gasteiger partial charge in [0, 0.05) is 25.4 Å². The molecule has 0 radical (unpaired) electrons. The summed E-state index contributed by atoms with van der Waals surface area (Å²) < 4.78 is 17.6. The van der Waals surface area contributed by atoms with Crippen molar-refractivity contribution in [1.29, 1.82) is 0 Å². The van der Waals surface area contributed by atoms with Gasteiger partial charge in [0.05, 0.1) is 17.7 Å². The Balaban J connectivity index is 1.55. The molecule has 2 aromatic carbocycles. The fourth-order valence-electron chi connectivity index (χ4n) is 3.17. The number of methoxy groups -OCH3 is 1. The van der Waals surface area contributed by atoms with Crippen molar-refractivity contribution in [3.05, 3.63) is 52.0 Å². The van der Waals surface area contributed by atoms with Crippen molar-refractivity contribution in [3.8, 4) is 11.5 Å². The number of amides is 1. The van der Waals surface area contributed by atoms with Crippen LogP contribution in [-0.2, 0) is 16.1 Å². The molecule has 7 heteroatoms. The highest BCUT2D eigenvalue weighted by Crippen LogP contribution is 2.36. The molecule has 1 atom stereocenters. The minimum atomic E-state index is -0.231. The molecule has 1 saturated heterocycles. The molecule has 0 saturated carbocycles. The van der Waals surface area contributed by atoms with Crippen molar-refractivity contribution < 1.29 is 19.0 Å². The normalized spacial score (nSPS) is 15.9. The molecular formula is C22H27BrN2O4. The monoisotopic (exact) mass is 462 g/mol. The topological polar surface area (TPSA) is 68.8 Å². The van der Waals surface area contributed by atoms with Gasteiger partial charge < -0.3 is 24.8 Å². The van der Waals surface area contributed by atoms with E-state index in [4.69, 9.17) is 14.2 Å². The van der Waals surface area contributed by atoms with Crippen LogP contribution in [-0.4, -0.2) is 38.9 Å². The molecule has 29 heavy (non-hydrogen) atoms. The number of carbonyl (C=O) groups excluding carboxylic acids is 1. The van der Waals surface area contributed by atoms with Gasteiger partial charge in [-0.3, -0.25) is 4.79 Å². The molecule has 0 aromatic heterocycles. The Bertz CT molecular complexity index is 820. The van der Waals surface area contributed by atoms with Crippen LogP contribution in [0.2, 0.25) is 0 Å². The Hall–Kier alpha value is -2.09. The van der Waals surface area contributed by atoms with Gasteiger partial charge in [0.15, 0.2) is 18.1 Å². The summed E-state index contributed by atoms with van der Waals surface area (Å²) in [4.78, 5) is 12.2. The number of benzene rings is 2. The smallest absolute Gasteiger partial charge is 0.262 e. The Morgan fingerprint density at radius 3 is 2.76 bits per heavy atom. The molecule has 0 unspecified atom stereocenters. The average molecular weight is 463 g/mol. The number of carbonyl (C=O) groups is 1. The molecule has 3 rings (SSSR count). The largest absolute Gasteiger partial charge is 0.493 e. The van der Waals surface area contributed by atoms with Crippen molar-refractivity contribution in [3.63, 3.8) is 0 Å². The highest BCUT2D eigenvalue weighted by atomic mass is 79.9. The predicted octanol–water partition coefficient (Wildman–Crippen LogP) is 4.05. The van der Waals surface area contributed by atoms with E-state index in [1.54, 1.807) is 7.11 Å². The number of rotatable bonds is 9. The van der Waals surface area contributed by atoms with Crippen LogP contribution in [0.25, 0.3) is 0 Å². The third-order valence-electron chi connectivity index (χ3n) is 4.70. The van der Waals surface area contributed by atoms with Crippen molar-refractivity contribution in [1.82, 2.24) is 5.32 Å². The number of hydrogen-bond acceptors (Lipinski definition) is 5. The molecule has 156 valence electrons. The summed E-state index contributed by atoms with van der Waals surface area (Å²) in [6.07, 6.45) is 2.54. The van der Waals surface area contributed by atoms with Crippen LogP contribution in [0.3, 0.4) is 0 Å². The van der Waals surface area contributed by atoms with Crippen molar-refractivity contribution in [2.45, 2.75) is 32.4 Å². The van der Waals surface area contributed by atoms with Crippen LogP contribution in [0.1, 0.15) is 24.0 Å². The third-order valence-corrected chi connectivity index (χ3v) is 5.29. The van der Waals surface area contributed by atoms with E-state index in [-0.39, 0.29) is 12.5 Å². The second kappa shape index (κ2) is 10.6. The number of nitrogens with one attached hydrogen (secondary N) is 2. The summed E-state index contributed by atoms with van der Waals surface area (Å²) in [6, 6.07) is 11.5. The van der Waals surface area contributed by atoms with Gasteiger partial charge in [-0.2, -0.15) is 0 Å². The standard InChI is InChI=1S/C22H27BrN2O4/c1-15-5-7-17(8-6-15)25-21(26)14-29-22-19(23)10-16(11-20(22)27-2)12-24-13-18-4-3-9-28-18/h5-8,10-11,18,24H,3-4,9,12-14H2,1-2H3,(H,25,26)/t18-/m1/s1. The summed E-state index contributed by atoms with van der Waals surface area (Å²) in [5, 5.41) is 6.24. The summed E-state index contributed by atoms with van der Waals surface area (Å²) in [6.45, 7) is 4.27. The number of halogens is 1. The van der Waals surface area contributed by atoms with Crippen molar-refractivity contribution in [2.24, 2.45) is 0 Å². The SMILES string of the molecule is COc1cc(CNC[C@H]2CCCO2)cc(Br)c1OCC(=O)Nc1ccc(C)cc1. The minimum Gasteiger partial charge on any atom is -0.493 e. The van der Waals surface area contributed by atoms with Crippen LogP contribution in [0, 0.1) is 6.92 Å². The second-order valence-corrected chi connectivity index (χ2v) is 7.93. The first-order valence-electron chi connectivity index (χ1n) is 9.73. The zero-order valence-corrected chi connectivity index (χ0v) is 18.4. The van der Waals surface area contributed by atoms with Crippen LogP contribution in [0.4, 0.5) is 5.69 Å². The molecule has 1 aliphatic heterocycles. The quantitative estimate of drug-likeness (QED) is 0.588. The first-order valence-corrected chi connectivity index (χ1v) is 10.5. The van der Waals surface area contributed by atoms with Crippen molar-refractivity contribution in [2.75, 3.05) is 32.2 Å². The van der Waals surface area contributed by atoms with E-state index in [9.17, 15) is 4.79 Å². The molecule has 0 aliphatic carbocycles. The fraction of sp³-hybridized carbons (Fsp3) is 0.409. The van der Waals surface area contributed by atoms with Gasteiger partial charge in [0.2, 0.25) is 0 Å². The first kappa shape index (κ1) is 21.6. The van der Waals surface area contributed by atoms with E-state index >= 15 is 0 Å². The highest BCUT2D eigenvalue weighted by Gasteiger charge is 2.16. The molecule has 2 aromatic rings. The zero-order chi connectivity index (χ0) is 20.6. The van der Waals surface area contributed by atoms with Crippen LogP contribution >= 0.6 is 15.9 Å². The Morgan fingerprint density at radius 2 is 2.07 bits per heavy atom. The maximum atomic E-state index is 12.2. The molecule has 1 heterocycles. The predicted molar refractivity (Wildman–Crippen MR) is 117 cm³/mol. The number of anilines is 1. The number of aryl methyl sites for hydroxylation is 1. The van der Waals surface area contributed by atoms with E-state index in [1.165, 1.54) is 0 Å².